The molecule has 0 aliphatic rings. The molecule has 0 saturated heterocycles. The van der Waals surface area contributed by atoms with Gasteiger partial charge in [-0.2, -0.15) is 5.10 Å². The van der Waals surface area contributed by atoms with Crippen molar-refractivity contribution in [3.8, 4) is 0 Å². The van der Waals surface area contributed by atoms with E-state index in [0.29, 0.717) is 26.1 Å². The zero-order chi connectivity index (χ0) is 14.1. The third-order valence-corrected chi connectivity index (χ3v) is 4.48. The molecular weight excluding hydrogens is 266 g/mol. The van der Waals surface area contributed by atoms with E-state index in [1.807, 2.05) is 13.1 Å². The average molecular weight is 289 g/mol. The highest BCUT2D eigenvalue weighted by atomic mass is 32.2. The van der Waals surface area contributed by atoms with Crippen LogP contribution in [0.5, 0.6) is 0 Å². The molecule has 1 rings (SSSR count). The SMILES string of the molecule is CCCS(=O)(=O)CCn1cc(CNCCOC)cn1. The van der Waals surface area contributed by atoms with Gasteiger partial charge in [0.15, 0.2) is 9.84 Å². The predicted octanol–water partition coefficient (Wildman–Crippen LogP) is 0.444. The van der Waals surface area contributed by atoms with Crippen LogP contribution in [0.25, 0.3) is 0 Å². The van der Waals surface area contributed by atoms with Gasteiger partial charge in [0, 0.05) is 37.7 Å². The summed E-state index contributed by atoms with van der Waals surface area (Å²) in [5.41, 5.74) is 1.05. The van der Waals surface area contributed by atoms with E-state index < -0.39 is 9.84 Å². The summed E-state index contributed by atoms with van der Waals surface area (Å²) in [6, 6.07) is 0. The third kappa shape index (κ3) is 6.70. The number of nitrogens with one attached hydrogen (secondary N) is 1. The van der Waals surface area contributed by atoms with E-state index in [4.69, 9.17) is 4.74 Å². The quantitative estimate of drug-likeness (QED) is 0.633. The monoisotopic (exact) mass is 289 g/mol. The molecule has 19 heavy (non-hydrogen) atoms. The van der Waals surface area contributed by atoms with Crippen LogP contribution in [0.3, 0.4) is 0 Å². The van der Waals surface area contributed by atoms with E-state index in [1.165, 1.54) is 0 Å². The molecule has 0 saturated carbocycles. The minimum atomic E-state index is -2.94. The number of aryl methyl sites for hydroxylation is 1. The molecule has 0 aliphatic carbocycles. The van der Waals surface area contributed by atoms with Gasteiger partial charge in [-0.3, -0.25) is 4.68 Å². The predicted molar refractivity (Wildman–Crippen MR) is 74.8 cm³/mol. The van der Waals surface area contributed by atoms with Crippen molar-refractivity contribution in [3.63, 3.8) is 0 Å². The molecule has 0 aliphatic heterocycles. The van der Waals surface area contributed by atoms with Crippen LogP contribution in [0.2, 0.25) is 0 Å². The molecule has 0 bridgehead atoms. The highest BCUT2D eigenvalue weighted by molar-refractivity contribution is 7.91. The molecule has 1 aromatic rings. The van der Waals surface area contributed by atoms with Crippen LogP contribution in [0.1, 0.15) is 18.9 Å². The topological polar surface area (TPSA) is 73.2 Å². The minimum Gasteiger partial charge on any atom is -0.383 e. The van der Waals surface area contributed by atoms with Crippen molar-refractivity contribution in [2.75, 3.05) is 31.8 Å². The molecule has 0 aromatic carbocycles. The number of rotatable bonds is 10. The second kappa shape index (κ2) is 8.29. The van der Waals surface area contributed by atoms with Crippen LogP contribution in [0.15, 0.2) is 12.4 Å². The Morgan fingerprint density at radius 3 is 2.89 bits per heavy atom. The largest absolute Gasteiger partial charge is 0.383 e. The molecule has 1 heterocycles. The number of nitrogens with zero attached hydrogens (tertiary/aromatic N) is 2. The maximum Gasteiger partial charge on any atom is 0.152 e. The van der Waals surface area contributed by atoms with Crippen molar-refractivity contribution in [2.45, 2.75) is 26.4 Å². The highest BCUT2D eigenvalue weighted by Gasteiger charge is 2.09. The van der Waals surface area contributed by atoms with Crippen molar-refractivity contribution in [1.82, 2.24) is 15.1 Å². The summed E-state index contributed by atoms with van der Waals surface area (Å²) in [4.78, 5) is 0. The van der Waals surface area contributed by atoms with E-state index in [9.17, 15) is 8.42 Å². The van der Waals surface area contributed by atoms with Gasteiger partial charge in [0.1, 0.15) is 0 Å². The summed E-state index contributed by atoms with van der Waals surface area (Å²) in [5.74, 6) is 0.402. The van der Waals surface area contributed by atoms with Crippen molar-refractivity contribution < 1.29 is 13.2 Å². The smallest absolute Gasteiger partial charge is 0.152 e. The highest BCUT2D eigenvalue weighted by Crippen LogP contribution is 2.00. The molecule has 0 spiro atoms. The fourth-order valence-corrected chi connectivity index (χ4v) is 2.96. The molecule has 0 unspecified atom stereocenters. The average Bonchev–Trinajstić information content (AvgIpc) is 2.80. The second-order valence-corrected chi connectivity index (χ2v) is 6.74. The Kier molecular flexibility index (Phi) is 7.04. The first-order chi connectivity index (χ1) is 9.07. The number of aromatic nitrogens is 2. The van der Waals surface area contributed by atoms with Gasteiger partial charge in [0.05, 0.1) is 25.1 Å². The standard InChI is InChI=1S/C12H23N3O3S/c1-3-7-19(16,17)8-5-15-11-12(10-14-15)9-13-4-6-18-2/h10-11,13H,3-9H2,1-2H3. The molecule has 1 aromatic heterocycles. The van der Waals surface area contributed by atoms with Gasteiger partial charge in [0.25, 0.3) is 0 Å². The summed E-state index contributed by atoms with van der Waals surface area (Å²) in [6.45, 7) is 4.46. The maximum absolute atomic E-state index is 11.6. The number of hydrogen-bond donors (Lipinski definition) is 1. The normalized spacial score (nSPS) is 11.9. The Morgan fingerprint density at radius 1 is 1.42 bits per heavy atom. The van der Waals surface area contributed by atoms with Gasteiger partial charge in [-0.25, -0.2) is 8.42 Å². The van der Waals surface area contributed by atoms with Crippen LogP contribution in [-0.4, -0.2) is 50.0 Å². The number of sulfone groups is 1. The van der Waals surface area contributed by atoms with Crippen molar-refractivity contribution in [1.29, 1.82) is 0 Å². The Balaban J connectivity index is 2.34. The zero-order valence-corrected chi connectivity index (χ0v) is 12.4. The fraction of sp³-hybridized carbons (Fsp3) is 0.750. The first-order valence-corrected chi connectivity index (χ1v) is 8.31. The first-order valence-electron chi connectivity index (χ1n) is 6.49. The summed E-state index contributed by atoms with van der Waals surface area (Å²) in [5, 5.41) is 7.37. The van der Waals surface area contributed by atoms with Gasteiger partial charge in [-0.15, -0.1) is 0 Å². The van der Waals surface area contributed by atoms with Crippen molar-refractivity contribution in [2.24, 2.45) is 0 Å². The van der Waals surface area contributed by atoms with Crippen LogP contribution in [0.4, 0.5) is 0 Å². The van der Waals surface area contributed by atoms with Crippen molar-refractivity contribution in [3.05, 3.63) is 18.0 Å². The maximum atomic E-state index is 11.6. The summed E-state index contributed by atoms with van der Waals surface area (Å²) in [6.07, 6.45) is 4.30. The summed E-state index contributed by atoms with van der Waals surface area (Å²) < 4.78 is 29.8. The Bertz CT molecular complexity index is 457. The van der Waals surface area contributed by atoms with Crippen molar-refractivity contribution >= 4 is 9.84 Å². The molecule has 110 valence electrons. The van der Waals surface area contributed by atoms with Gasteiger partial charge in [-0.05, 0) is 6.42 Å². The number of ether oxygens (including phenoxy) is 1. The van der Waals surface area contributed by atoms with Crippen LogP contribution in [0, 0.1) is 0 Å². The van der Waals surface area contributed by atoms with E-state index in [0.717, 1.165) is 12.1 Å². The molecule has 0 fully saturated rings. The van der Waals surface area contributed by atoms with Crippen LogP contribution >= 0.6 is 0 Å². The van der Waals surface area contributed by atoms with Crippen LogP contribution in [-0.2, 0) is 27.7 Å². The molecular formula is C12H23N3O3S. The van der Waals surface area contributed by atoms with E-state index in [1.54, 1.807) is 18.0 Å². The lowest BCUT2D eigenvalue weighted by Gasteiger charge is -2.03. The van der Waals surface area contributed by atoms with E-state index >= 15 is 0 Å². The molecule has 0 amide bonds. The molecule has 0 radical (unpaired) electrons. The molecule has 0 atom stereocenters. The van der Waals surface area contributed by atoms with Gasteiger partial charge in [0.2, 0.25) is 0 Å². The van der Waals surface area contributed by atoms with Crippen LogP contribution < -0.4 is 5.32 Å². The second-order valence-electron chi connectivity index (χ2n) is 4.43. The molecule has 6 nitrogen and oxygen atoms in total. The molecule has 7 heteroatoms. The number of hydrogen-bond acceptors (Lipinski definition) is 5. The minimum absolute atomic E-state index is 0.152. The third-order valence-electron chi connectivity index (χ3n) is 2.65. The summed E-state index contributed by atoms with van der Waals surface area (Å²) >= 11 is 0. The molecule has 1 N–H and O–H groups in total. The summed E-state index contributed by atoms with van der Waals surface area (Å²) in [7, 11) is -1.27. The van der Waals surface area contributed by atoms with E-state index in [2.05, 4.69) is 10.4 Å². The van der Waals surface area contributed by atoms with Gasteiger partial charge in [-0.1, -0.05) is 6.92 Å². The fourth-order valence-electron chi connectivity index (χ4n) is 1.67. The lowest BCUT2D eigenvalue weighted by atomic mass is 10.3. The van der Waals surface area contributed by atoms with E-state index in [-0.39, 0.29) is 11.5 Å². The lowest BCUT2D eigenvalue weighted by molar-refractivity contribution is 0.199. The Morgan fingerprint density at radius 2 is 2.21 bits per heavy atom. The van der Waals surface area contributed by atoms with Gasteiger partial charge >= 0.3 is 0 Å². The Hall–Kier alpha value is -0.920. The lowest BCUT2D eigenvalue weighted by Crippen LogP contribution is -2.18. The Labute approximate surface area is 115 Å². The first kappa shape index (κ1) is 16.1. The number of methoxy groups -OCH3 is 1. The van der Waals surface area contributed by atoms with Gasteiger partial charge < -0.3 is 10.1 Å². The zero-order valence-electron chi connectivity index (χ0n) is 11.6.